The molecular formula is C40H40N3O+. The summed E-state index contributed by atoms with van der Waals surface area (Å²) in [5.41, 5.74) is 11.0. The Hall–Kier alpha value is -4.31. The van der Waals surface area contributed by atoms with Gasteiger partial charge in [-0.2, -0.15) is 4.57 Å². The Morgan fingerprint density at radius 2 is 1.75 bits per heavy atom. The smallest absolute Gasteiger partial charge is 0.227 e. The molecule has 3 atom stereocenters. The molecule has 1 aliphatic carbocycles. The predicted molar refractivity (Wildman–Crippen MR) is 180 cm³/mol. The van der Waals surface area contributed by atoms with Crippen molar-refractivity contribution in [2.24, 2.45) is 10.9 Å². The number of aromatic nitrogens is 2. The molecule has 3 unspecified atom stereocenters. The van der Waals surface area contributed by atoms with E-state index in [0.29, 0.717) is 11.6 Å². The van der Waals surface area contributed by atoms with E-state index in [0.717, 1.165) is 58.6 Å². The molecule has 0 amide bonds. The van der Waals surface area contributed by atoms with Gasteiger partial charge >= 0.3 is 0 Å². The van der Waals surface area contributed by atoms with Gasteiger partial charge in [-0.05, 0) is 73.4 Å². The summed E-state index contributed by atoms with van der Waals surface area (Å²) < 4.78 is 8.64. The van der Waals surface area contributed by atoms with Gasteiger partial charge in [0.25, 0.3) is 0 Å². The molecule has 44 heavy (non-hydrogen) atoms. The molecular weight excluding hydrogens is 538 g/mol. The van der Waals surface area contributed by atoms with E-state index >= 15 is 0 Å². The second-order valence-electron chi connectivity index (χ2n) is 13.1. The molecule has 1 fully saturated rings. The lowest BCUT2D eigenvalue weighted by atomic mass is 9.77. The SMILES string of the molecule is C=CC1=NC2CC(=C)[n+]3ccc(C(C)C4CCCCC4)cc3-c3cc4c(nc3CCC2c2ccccc21)oc1ccccc14. The number of furan rings is 1. The van der Waals surface area contributed by atoms with Crippen molar-refractivity contribution in [3.63, 3.8) is 0 Å². The maximum absolute atomic E-state index is 6.32. The third-order valence-electron chi connectivity index (χ3n) is 10.7. The Morgan fingerprint density at radius 1 is 0.932 bits per heavy atom. The van der Waals surface area contributed by atoms with Crippen molar-refractivity contribution < 1.29 is 8.98 Å². The summed E-state index contributed by atoms with van der Waals surface area (Å²) in [5, 5.41) is 2.18. The molecule has 5 aromatic rings. The van der Waals surface area contributed by atoms with E-state index in [1.54, 1.807) is 0 Å². The monoisotopic (exact) mass is 578 g/mol. The third kappa shape index (κ3) is 4.54. The molecule has 4 heteroatoms. The van der Waals surface area contributed by atoms with Crippen LogP contribution in [-0.4, -0.2) is 16.7 Å². The van der Waals surface area contributed by atoms with Gasteiger partial charge in [0.05, 0.1) is 29.4 Å². The number of rotatable bonds is 3. The third-order valence-corrected chi connectivity index (χ3v) is 10.7. The highest BCUT2D eigenvalue weighted by Crippen LogP contribution is 2.41. The minimum atomic E-state index is 0.0862. The van der Waals surface area contributed by atoms with E-state index in [2.05, 4.69) is 78.9 Å². The van der Waals surface area contributed by atoms with Gasteiger partial charge in [-0.15, -0.1) is 0 Å². The Labute approximate surface area is 259 Å². The van der Waals surface area contributed by atoms with Crippen LogP contribution in [0.2, 0.25) is 0 Å². The largest absolute Gasteiger partial charge is 0.438 e. The summed E-state index contributed by atoms with van der Waals surface area (Å²) in [6, 6.07) is 24.2. The van der Waals surface area contributed by atoms with E-state index in [-0.39, 0.29) is 12.0 Å². The van der Waals surface area contributed by atoms with Gasteiger partial charge in [0.15, 0.2) is 11.9 Å². The van der Waals surface area contributed by atoms with Gasteiger partial charge in [0, 0.05) is 34.4 Å². The zero-order valence-electron chi connectivity index (χ0n) is 25.6. The molecule has 4 nitrogen and oxygen atoms in total. The van der Waals surface area contributed by atoms with Gasteiger partial charge in [-0.3, -0.25) is 4.99 Å². The molecule has 220 valence electrons. The molecule has 2 aliphatic heterocycles. The Kier molecular flexibility index (Phi) is 6.81. The predicted octanol–water partition coefficient (Wildman–Crippen LogP) is 9.57. The maximum Gasteiger partial charge on any atom is 0.227 e. The van der Waals surface area contributed by atoms with Crippen LogP contribution in [0.1, 0.15) is 86.1 Å². The standard InChI is InChI=1S/C40H40N3O/c1-4-35-30-15-9-8-14-29(30)31-18-19-36-34(24-33-32-16-10-11-17-39(32)44-40(33)42-36)38-23-28(26(3)27-12-6-5-7-13-27)20-21-43(38)25(2)22-37(31)41-35/h4,8-11,14-17,20-21,23-24,26-27,31,37H,1-2,5-7,12-13,18-19,22H2,3H3/q+1. The van der Waals surface area contributed by atoms with Crippen LogP contribution in [0.15, 0.2) is 102 Å². The summed E-state index contributed by atoms with van der Waals surface area (Å²) in [6.45, 7) is 11.2. The topological polar surface area (TPSA) is 42.3 Å². The average Bonchev–Trinajstić information content (AvgIpc) is 3.44. The maximum atomic E-state index is 6.32. The quantitative estimate of drug-likeness (QED) is 0.200. The molecule has 3 aromatic heterocycles. The highest BCUT2D eigenvalue weighted by atomic mass is 16.3. The zero-order chi connectivity index (χ0) is 29.8. The minimum absolute atomic E-state index is 0.0862. The van der Waals surface area contributed by atoms with E-state index < -0.39 is 0 Å². The van der Waals surface area contributed by atoms with Crippen LogP contribution in [0.25, 0.3) is 39.0 Å². The number of aryl methyl sites for hydroxylation is 1. The van der Waals surface area contributed by atoms with Crippen LogP contribution in [0.5, 0.6) is 0 Å². The van der Waals surface area contributed by atoms with Gasteiger partial charge in [-0.25, -0.2) is 4.98 Å². The van der Waals surface area contributed by atoms with Gasteiger partial charge < -0.3 is 4.42 Å². The fourth-order valence-corrected chi connectivity index (χ4v) is 8.22. The van der Waals surface area contributed by atoms with Crippen LogP contribution in [0.4, 0.5) is 0 Å². The van der Waals surface area contributed by atoms with E-state index in [9.17, 15) is 0 Å². The number of hydrogen-bond acceptors (Lipinski definition) is 3. The van der Waals surface area contributed by atoms with Gasteiger partial charge in [0.2, 0.25) is 11.4 Å². The fraction of sp³-hybridized carbons (Fsp3) is 0.325. The number of benzene rings is 2. The molecule has 3 aliphatic rings. The Morgan fingerprint density at radius 3 is 2.61 bits per heavy atom. The van der Waals surface area contributed by atoms with Crippen LogP contribution in [0, 0.1) is 5.92 Å². The van der Waals surface area contributed by atoms with E-state index in [4.69, 9.17) is 21.0 Å². The number of pyridine rings is 2. The first-order valence-corrected chi connectivity index (χ1v) is 16.4. The first kappa shape index (κ1) is 27.3. The van der Waals surface area contributed by atoms with Crippen molar-refractivity contribution in [2.75, 3.05) is 0 Å². The Balaban J connectivity index is 1.32. The molecule has 2 aromatic carbocycles. The number of para-hydroxylation sites is 1. The zero-order valence-corrected chi connectivity index (χ0v) is 25.6. The van der Waals surface area contributed by atoms with Crippen molar-refractivity contribution in [1.29, 1.82) is 0 Å². The van der Waals surface area contributed by atoms with Crippen LogP contribution >= 0.6 is 0 Å². The lowest BCUT2D eigenvalue weighted by Crippen LogP contribution is -2.38. The highest BCUT2D eigenvalue weighted by Gasteiger charge is 2.35. The number of allylic oxidation sites excluding steroid dienone is 1. The number of hydrogen-bond donors (Lipinski definition) is 0. The summed E-state index contributed by atoms with van der Waals surface area (Å²) >= 11 is 0. The average molecular weight is 579 g/mol. The first-order valence-electron chi connectivity index (χ1n) is 16.4. The van der Waals surface area contributed by atoms with E-state index in [1.165, 1.54) is 60.1 Å². The molecule has 0 saturated heterocycles. The molecule has 8 rings (SSSR count). The van der Waals surface area contributed by atoms with Gasteiger partial charge in [-0.1, -0.05) is 75.2 Å². The van der Waals surface area contributed by atoms with Crippen molar-refractivity contribution in [3.8, 4) is 11.3 Å². The lowest BCUT2D eigenvalue weighted by molar-refractivity contribution is -0.571. The summed E-state index contributed by atoms with van der Waals surface area (Å²) in [5.74, 6) is 1.52. The van der Waals surface area contributed by atoms with Gasteiger partial charge in [0.1, 0.15) is 5.58 Å². The van der Waals surface area contributed by atoms with Crippen molar-refractivity contribution in [3.05, 3.63) is 115 Å². The molecule has 0 radical (unpaired) electrons. The molecule has 0 bridgehead atoms. The van der Waals surface area contributed by atoms with Crippen molar-refractivity contribution >= 4 is 33.5 Å². The van der Waals surface area contributed by atoms with Crippen LogP contribution in [-0.2, 0) is 6.42 Å². The van der Waals surface area contributed by atoms with Crippen molar-refractivity contribution in [1.82, 2.24) is 4.98 Å². The summed E-state index contributed by atoms with van der Waals surface area (Å²) in [4.78, 5) is 10.6. The van der Waals surface area contributed by atoms with Crippen LogP contribution in [0.3, 0.4) is 0 Å². The van der Waals surface area contributed by atoms with Crippen LogP contribution < -0.4 is 4.57 Å². The van der Waals surface area contributed by atoms with Crippen molar-refractivity contribution in [2.45, 2.75) is 76.2 Å². The normalized spacial score (nSPS) is 21.1. The molecule has 0 N–H and O–H groups in total. The number of fused-ring (bicyclic) bond motifs is 9. The number of nitrogens with zero attached hydrogens (tertiary/aromatic N) is 3. The second-order valence-corrected chi connectivity index (χ2v) is 13.1. The minimum Gasteiger partial charge on any atom is -0.438 e. The molecule has 5 heterocycles. The second kappa shape index (κ2) is 11.0. The Bertz CT molecular complexity index is 1960. The first-order chi connectivity index (χ1) is 21.6. The summed E-state index contributed by atoms with van der Waals surface area (Å²) in [7, 11) is 0. The molecule has 1 saturated carbocycles. The fourth-order valence-electron chi connectivity index (χ4n) is 8.22. The lowest BCUT2D eigenvalue weighted by Gasteiger charge is -2.32. The highest BCUT2D eigenvalue weighted by molar-refractivity contribution is 6.10. The number of aliphatic imine (C=N–C) groups is 1. The van der Waals surface area contributed by atoms with E-state index in [1.807, 2.05) is 18.2 Å². The summed E-state index contributed by atoms with van der Waals surface area (Å²) in [6.07, 6.45) is 13.5. The molecule has 0 spiro atoms.